The molecule has 2 rings (SSSR count). The Labute approximate surface area is 93.6 Å². The van der Waals surface area contributed by atoms with Gasteiger partial charge < -0.3 is 5.32 Å². The van der Waals surface area contributed by atoms with E-state index in [9.17, 15) is 4.79 Å². The van der Waals surface area contributed by atoms with Gasteiger partial charge in [0, 0.05) is 24.5 Å². The molecule has 0 unspecified atom stereocenters. The lowest BCUT2D eigenvalue weighted by Crippen LogP contribution is -2.10. The molecule has 0 fully saturated rings. The highest BCUT2D eigenvalue weighted by Gasteiger charge is 2.01. The van der Waals surface area contributed by atoms with Crippen LogP contribution in [0.5, 0.6) is 0 Å². The minimum absolute atomic E-state index is 0.00349. The van der Waals surface area contributed by atoms with Gasteiger partial charge in [-0.05, 0) is 24.6 Å². The summed E-state index contributed by atoms with van der Waals surface area (Å²) in [6.07, 6.45) is 6.44. The van der Waals surface area contributed by atoms with Crippen LogP contribution >= 0.6 is 0 Å². The highest BCUT2D eigenvalue weighted by molar-refractivity contribution is 5.91. The van der Waals surface area contributed by atoms with E-state index in [0.717, 1.165) is 11.2 Å². The zero-order chi connectivity index (χ0) is 11.4. The second-order valence-electron chi connectivity index (χ2n) is 3.49. The summed E-state index contributed by atoms with van der Waals surface area (Å²) in [6, 6.07) is 5.60. The van der Waals surface area contributed by atoms with Gasteiger partial charge in [-0.25, -0.2) is 4.52 Å². The number of pyridine rings is 1. The Morgan fingerprint density at radius 2 is 2.44 bits per heavy atom. The molecule has 0 atom stereocenters. The molecule has 0 bridgehead atoms. The molecule has 0 aliphatic heterocycles. The van der Waals surface area contributed by atoms with E-state index in [0.29, 0.717) is 12.8 Å². The standard InChI is InChI=1S/C12H13N3O/c1-2-3-4-12(16)14-10-6-8-15-11(9-10)5-7-13-15/h2,5-9H,1,3-4H2,(H,14,16). The average molecular weight is 215 g/mol. The van der Waals surface area contributed by atoms with E-state index in [2.05, 4.69) is 17.0 Å². The minimum Gasteiger partial charge on any atom is -0.326 e. The van der Waals surface area contributed by atoms with Crippen molar-refractivity contribution in [1.29, 1.82) is 0 Å². The fourth-order valence-corrected chi connectivity index (χ4v) is 1.46. The van der Waals surface area contributed by atoms with Crippen LogP contribution in [0.4, 0.5) is 5.69 Å². The molecule has 0 radical (unpaired) electrons. The van der Waals surface area contributed by atoms with E-state index >= 15 is 0 Å². The number of carbonyl (C=O) groups is 1. The molecule has 4 nitrogen and oxygen atoms in total. The molecule has 0 aliphatic carbocycles. The quantitative estimate of drug-likeness (QED) is 0.795. The van der Waals surface area contributed by atoms with Crippen molar-refractivity contribution in [3.63, 3.8) is 0 Å². The Morgan fingerprint density at radius 3 is 3.25 bits per heavy atom. The van der Waals surface area contributed by atoms with Crippen LogP contribution in [0.3, 0.4) is 0 Å². The predicted octanol–water partition coefficient (Wildman–Crippen LogP) is 2.24. The van der Waals surface area contributed by atoms with Gasteiger partial charge in [-0.2, -0.15) is 5.10 Å². The normalized spacial score (nSPS) is 10.2. The van der Waals surface area contributed by atoms with Crippen molar-refractivity contribution in [2.75, 3.05) is 5.32 Å². The van der Waals surface area contributed by atoms with Crippen molar-refractivity contribution in [3.05, 3.63) is 43.2 Å². The van der Waals surface area contributed by atoms with Gasteiger partial charge in [-0.15, -0.1) is 6.58 Å². The molecule has 0 aromatic carbocycles. The highest BCUT2D eigenvalue weighted by Crippen LogP contribution is 2.11. The molecule has 0 saturated heterocycles. The van der Waals surface area contributed by atoms with Crippen LogP contribution in [-0.4, -0.2) is 15.5 Å². The second kappa shape index (κ2) is 4.61. The zero-order valence-electron chi connectivity index (χ0n) is 8.89. The smallest absolute Gasteiger partial charge is 0.224 e. The first-order valence-electron chi connectivity index (χ1n) is 5.14. The first kappa shape index (κ1) is 10.4. The van der Waals surface area contributed by atoms with Gasteiger partial charge in [-0.1, -0.05) is 6.08 Å². The summed E-state index contributed by atoms with van der Waals surface area (Å²) < 4.78 is 1.75. The Kier molecular flexibility index (Phi) is 3.00. The van der Waals surface area contributed by atoms with E-state index in [-0.39, 0.29) is 5.91 Å². The van der Waals surface area contributed by atoms with Crippen molar-refractivity contribution in [2.24, 2.45) is 0 Å². The molecule has 1 amide bonds. The number of nitrogens with zero attached hydrogens (tertiary/aromatic N) is 2. The maximum atomic E-state index is 11.5. The monoisotopic (exact) mass is 215 g/mol. The zero-order valence-corrected chi connectivity index (χ0v) is 8.89. The number of allylic oxidation sites excluding steroid dienone is 1. The van der Waals surface area contributed by atoms with Crippen LogP contribution in [0.1, 0.15) is 12.8 Å². The maximum absolute atomic E-state index is 11.5. The Bertz CT molecular complexity index is 516. The summed E-state index contributed by atoms with van der Waals surface area (Å²) in [5.41, 5.74) is 1.75. The molecule has 1 N–H and O–H groups in total. The van der Waals surface area contributed by atoms with Gasteiger partial charge in [0.15, 0.2) is 0 Å². The lowest BCUT2D eigenvalue weighted by Gasteiger charge is -2.04. The number of rotatable bonds is 4. The van der Waals surface area contributed by atoms with Crippen LogP contribution in [0.25, 0.3) is 5.52 Å². The summed E-state index contributed by atoms with van der Waals surface area (Å²) >= 11 is 0. The highest BCUT2D eigenvalue weighted by atomic mass is 16.1. The molecule has 2 aromatic heterocycles. The lowest BCUT2D eigenvalue weighted by atomic mass is 10.3. The predicted molar refractivity (Wildman–Crippen MR) is 63.3 cm³/mol. The fraction of sp³-hybridized carbons (Fsp3) is 0.167. The maximum Gasteiger partial charge on any atom is 0.224 e. The van der Waals surface area contributed by atoms with Gasteiger partial charge in [0.2, 0.25) is 5.91 Å². The molecule has 0 saturated carbocycles. The van der Waals surface area contributed by atoms with Gasteiger partial charge in [0.05, 0.1) is 5.52 Å². The topological polar surface area (TPSA) is 46.4 Å². The van der Waals surface area contributed by atoms with Gasteiger partial charge in [0.25, 0.3) is 0 Å². The summed E-state index contributed by atoms with van der Waals surface area (Å²) in [5, 5.41) is 6.91. The van der Waals surface area contributed by atoms with Crippen LogP contribution in [0, 0.1) is 0 Å². The molecule has 0 spiro atoms. The van der Waals surface area contributed by atoms with Crippen LogP contribution in [0.2, 0.25) is 0 Å². The number of hydrogen-bond acceptors (Lipinski definition) is 2. The average Bonchev–Trinajstić information content (AvgIpc) is 2.73. The molecular weight excluding hydrogens is 202 g/mol. The number of carbonyl (C=O) groups excluding carboxylic acids is 1. The second-order valence-corrected chi connectivity index (χ2v) is 3.49. The molecule has 2 heterocycles. The molecular formula is C12H13N3O. The number of hydrogen-bond donors (Lipinski definition) is 1. The summed E-state index contributed by atoms with van der Waals surface area (Å²) in [5.74, 6) is 0.00349. The van der Waals surface area contributed by atoms with Crippen molar-refractivity contribution in [3.8, 4) is 0 Å². The molecule has 16 heavy (non-hydrogen) atoms. The summed E-state index contributed by atoms with van der Waals surface area (Å²) in [7, 11) is 0. The van der Waals surface area contributed by atoms with Gasteiger partial charge in [-0.3, -0.25) is 4.79 Å². The third kappa shape index (κ3) is 2.28. The minimum atomic E-state index is 0.00349. The third-order valence-electron chi connectivity index (χ3n) is 2.26. The largest absolute Gasteiger partial charge is 0.326 e. The summed E-state index contributed by atoms with van der Waals surface area (Å²) in [4.78, 5) is 11.5. The first-order valence-corrected chi connectivity index (χ1v) is 5.14. The van der Waals surface area contributed by atoms with Gasteiger partial charge >= 0.3 is 0 Å². The van der Waals surface area contributed by atoms with Crippen LogP contribution < -0.4 is 5.32 Å². The van der Waals surface area contributed by atoms with Crippen molar-refractivity contribution >= 4 is 17.1 Å². The molecule has 82 valence electrons. The Balaban J connectivity index is 2.08. The number of aromatic nitrogens is 2. The van der Waals surface area contributed by atoms with Crippen LogP contribution in [-0.2, 0) is 4.79 Å². The number of amides is 1. The van der Waals surface area contributed by atoms with Gasteiger partial charge in [0.1, 0.15) is 0 Å². The van der Waals surface area contributed by atoms with Crippen molar-refractivity contribution in [2.45, 2.75) is 12.8 Å². The van der Waals surface area contributed by atoms with Crippen molar-refractivity contribution < 1.29 is 4.79 Å². The number of fused-ring (bicyclic) bond motifs is 1. The number of anilines is 1. The fourth-order valence-electron chi connectivity index (χ4n) is 1.46. The molecule has 4 heteroatoms. The van der Waals surface area contributed by atoms with E-state index < -0.39 is 0 Å². The number of nitrogens with one attached hydrogen (secondary N) is 1. The van der Waals surface area contributed by atoms with E-state index in [1.165, 1.54) is 0 Å². The van der Waals surface area contributed by atoms with E-state index in [1.54, 1.807) is 16.8 Å². The Hall–Kier alpha value is -2.10. The Morgan fingerprint density at radius 1 is 1.56 bits per heavy atom. The first-order chi connectivity index (χ1) is 7.79. The third-order valence-corrected chi connectivity index (χ3v) is 2.26. The SMILES string of the molecule is C=CCCC(=O)Nc1ccn2nccc2c1. The van der Waals surface area contributed by atoms with E-state index in [1.807, 2.05) is 24.4 Å². The van der Waals surface area contributed by atoms with Crippen LogP contribution in [0.15, 0.2) is 43.2 Å². The van der Waals surface area contributed by atoms with Crippen molar-refractivity contribution in [1.82, 2.24) is 9.61 Å². The summed E-state index contributed by atoms with van der Waals surface area (Å²) in [6.45, 7) is 3.58. The molecule has 2 aromatic rings. The van der Waals surface area contributed by atoms with E-state index in [4.69, 9.17) is 0 Å². The lowest BCUT2D eigenvalue weighted by molar-refractivity contribution is -0.116. The molecule has 0 aliphatic rings.